The van der Waals surface area contributed by atoms with Crippen molar-refractivity contribution in [3.63, 3.8) is 0 Å². The maximum Gasteiger partial charge on any atom is 0.259 e. The monoisotopic (exact) mass is 828 g/mol. The van der Waals surface area contributed by atoms with Gasteiger partial charge in [-0.1, -0.05) is 35.3 Å². The van der Waals surface area contributed by atoms with Crippen LogP contribution in [0.4, 0.5) is 0 Å². The second-order valence-electron chi connectivity index (χ2n) is 14.1. The van der Waals surface area contributed by atoms with Crippen LogP contribution in [0.25, 0.3) is 11.4 Å². The first-order valence-corrected chi connectivity index (χ1v) is 19.4. The van der Waals surface area contributed by atoms with Crippen LogP contribution in [0.15, 0.2) is 99.3 Å². The fraction of sp³-hybridized carbons (Fsp3) is 0.225. The summed E-state index contributed by atoms with van der Waals surface area (Å²) in [5, 5.41) is 27.6. The number of halogens is 2. The first-order valence-electron chi connectivity index (χ1n) is 17.8. The quantitative estimate of drug-likeness (QED) is 0.161. The van der Waals surface area contributed by atoms with Crippen molar-refractivity contribution in [1.29, 1.82) is 0 Å². The number of H-pyrrole nitrogens is 2. The predicted molar refractivity (Wildman–Crippen MR) is 215 cm³/mol. The van der Waals surface area contributed by atoms with Crippen molar-refractivity contribution in [2.75, 3.05) is 20.2 Å². The zero-order valence-electron chi connectivity index (χ0n) is 29.8. The van der Waals surface area contributed by atoms with E-state index in [9.17, 15) is 24.6 Å². The van der Waals surface area contributed by atoms with Crippen LogP contribution in [0.3, 0.4) is 0 Å². The molecular formula is C40H34Cl2N6O6S2. The number of hydrogen-bond donors (Lipinski definition) is 4. The second kappa shape index (κ2) is 15.0. The number of benzene rings is 3. The highest BCUT2D eigenvalue weighted by Gasteiger charge is 2.38. The lowest BCUT2D eigenvalue weighted by molar-refractivity contribution is -0.924. The summed E-state index contributed by atoms with van der Waals surface area (Å²) in [4.78, 5) is 47.4. The van der Waals surface area contributed by atoms with Crippen molar-refractivity contribution in [3.05, 3.63) is 164 Å². The van der Waals surface area contributed by atoms with E-state index in [4.69, 9.17) is 52.4 Å². The molecule has 286 valence electrons. The number of methoxy groups -OCH3 is 1. The highest BCUT2D eigenvalue weighted by atomic mass is 35.5. The molecule has 4 N–H and O–H groups in total. The van der Waals surface area contributed by atoms with Gasteiger partial charge >= 0.3 is 0 Å². The lowest BCUT2D eigenvalue weighted by Gasteiger charge is -2.40. The molecule has 12 nitrogen and oxygen atoms in total. The largest absolute Gasteiger partial charge is 0.859 e. The molecule has 5 heterocycles. The Kier molecular flexibility index (Phi) is 10.1. The van der Waals surface area contributed by atoms with Gasteiger partial charge in [0, 0.05) is 57.0 Å². The molecule has 56 heavy (non-hydrogen) atoms. The molecule has 1 fully saturated rings. The van der Waals surface area contributed by atoms with Crippen molar-refractivity contribution in [2.45, 2.75) is 31.3 Å². The summed E-state index contributed by atoms with van der Waals surface area (Å²) in [5.74, 6) is -1.77. The van der Waals surface area contributed by atoms with Crippen LogP contribution in [0, 0.1) is 15.5 Å². The molecule has 0 radical (unpaired) electrons. The van der Waals surface area contributed by atoms with E-state index in [-0.39, 0.29) is 38.1 Å². The fourth-order valence-corrected chi connectivity index (χ4v) is 9.18. The summed E-state index contributed by atoms with van der Waals surface area (Å²) in [7, 11) is 1.56. The van der Waals surface area contributed by atoms with E-state index in [1.165, 1.54) is 9.47 Å². The number of likely N-dealkylation sites (tertiary alicyclic amines) is 1. The van der Waals surface area contributed by atoms with Gasteiger partial charge in [-0.25, -0.2) is 0 Å². The smallest absolute Gasteiger partial charge is 0.259 e. The average molecular weight is 830 g/mol. The molecule has 0 aliphatic carbocycles. The Bertz CT molecular complexity index is 2690. The normalized spacial score (nSPS) is 17.9. The van der Waals surface area contributed by atoms with Crippen LogP contribution >= 0.6 is 47.6 Å². The van der Waals surface area contributed by atoms with E-state index in [2.05, 4.69) is 9.97 Å². The van der Waals surface area contributed by atoms with Gasteiger partial charge in [0.05, 0.1) is 37.4 Å². The van der Waals surface area contributed by atoms with E-state index in [1.54, 1.807) is 79.9 Å². The Balaban J connectivity index is 1.32. The third-order valence-corrected chi connectivity index (χ3v) is 11.8. The molecule has 0 saturated carbocycles. The Labute approximate surface area is 339 Å². The molecule has 8 rings (SSSR count). The lowest BCUT2D eigenvalue weighted by Crippen LogP contribution is -3.13. The van der Waals surface area contributed by atoms with E-state index in [0.717, 1.165) is 35.3 Å². The highest BCUT2D eigenvalue weighted by molar-refractivity contribution is 7.71. The number of pyridine rings is 1. The number of fused-ring (bicyclic) bond motifs is 4. The summed E-state index contributed by atoms with van der Waals surface area (Å²) in [6.07, 6.45) is 0.988. The van der Waals surface area contributed by atoms with Crippen molar-refractivity contribution < 1.29 is 19.8 Å². The SMILES string of the molecule is COc1ccc(C(c2c([O-])n(-c3ccc(Cl)cc3)c(=S)[nH]c2=O)c2c(O)n(-c3ccc(Cl)cc3)c(=S)[nH]c2=O)cc1C[NH+]1C[C@H]2C[C@@H](C1)c1cccc(=O)n1C2. The predicted octanol–water partition coefficient (Wildman–Crippen LogP) is 4.74. The molecule has 3 aromatic heterocycles. The maximum atomic E-state index is 14.7. The fourth-order valence-electron chi connectivity index (χ4n) is 8.37. The van der Waals surface area contributed by atoms with Crippen LogP contribution in [0.2, 0.25) is 10.0 Å². The van der Waals surface area contributed by atoms with Crippen LogP contribution in [0.1, 0.15) is 46.2 Å². The van der Waals surface area contributed by atoms with Gasteiger partial charge in [-0.2, -0.15) is 0 Å². The molecule has 4 atom stereocenters. The molecule has 2 unspecified atom stereocenters. The summed E-state index contributed by atoms with van der Waals surface area (Å²) in [6.45, 7) is 2.72. The van der Waals surface area contributed by atoms with Crippen LogP contribution < -0.4 is 31.4 Å². The maximum absolute atomic E-state index is 14.7. The Hall–Kier alpha value is -5.25. The summed E-state index contributed by atoms with van der Waals surface area (Å²) in [5.41, 5.74) is 0.550. The van der Waals surface area contributed by atoms with E-state index >= 15 is 0 Å². The molecule has 2 aliphatic heterocycles. The molecule has 3 aromatic carbocycles. The average Bonchev–Trinajstić information content (AvgIpc) is 3.16. The summed E-state index contributed by atoms with van der Waals surface area (Å²) < 4.78 is 9.83. The summed E-state index contributed by atoms with van der Waals surface area (Å²) in [6, 6.07) is 23.4. The van der Waals surface area contributed by atoms with Crippen molar-refractivity contribution in [2.24, 2.45) is 5.92 Å². The van der Waals surface area contributed by atoms with Gasteiger partial charge in [-0.3, -0.25) is 28.9 Å². The molecule has 2 aliphatic rings. The van der Waals surface area contributed by atoms with Gasteiger partial charge in [0.25, 0.3) is 16.7 Å². The zero-order valence-corrected chi connectivity index (χ0v) is 32.9. The first kappa shape index (κ1) is 37.7. The molecule has 2 bridgehead atoms. The van der Waals surface area contributed by atoms with Crippen LogP contribution in [-0.4, -0.2) is 49.0 Å². The van der Waals surface area contributed by atoms with Crippen LogP contribution in [0.5, 0.6) is 17.5 Å². The number of nitrogens with one attached hydrogen (secondary N) is 3. The molecule has 0 amide bonds. The Morgan fingerprint density at radius 2 is 1.50 bits per heavy atom. The second-order valence-corrected chi connectivity index (χ2v) is 15.8. The number of ether oxygens (including phenoxy) is 1. The molecule has 6 aromatic rings. The van der Waals surface area contributed by atoms with E-state index in [0.29, 0.717) is 45.8 Å². The first-order chi connectivity index (χ1) is 26.9. The van der Waals surface area contributed by atoms with E-state index in [1.807, 2.05) is 16.7 Å². The molecular weight excluding hydrogens is 796 g/mol. The topological polar surface area (TPSA) is 155 Å². The van der Waals surface area contributed by atoms with Crippen molar-refractivity contribution in [3.8, 4) is 28.9 Å². The van der Waals surface area contributed by atoms with Gasteiger partial charge in [-0.15, -0.1) is 0 Å². The van der Waals surface area contributed by atoms with Gasteiger partial charge in [0.15, 0.2) is 9.54 Å². The molecule has 16 heteroatoms. The third kappa shape index (κ3) is 6.81. The number of aromatic nitrogens is 5. The zero-order chi connectivity index (χ0) is 39.4. The van der Waals surface area contributed by atoms with Crippen molar-refractivity contribution in [1.82, 2.24) is 23.7 Å². The lowest BCUT2D eigenvalue weighted by atomic mass is 9.82. The number of aromatic amines is 2. The number of quaternary nitrogens is 1. The van der Waals surface area contributed by atoms with Gasteiger partial charge in [0.2, 0.25) is 5.88 Å². The van der Waals surface area contributed by atoms with Gasteiger partial charge in [0.1, 0.15) is 12.3 Å². The van der Waals surface area contributed by atoms with Crippen LogP contribution in [-0.2, 0) is 13.1 Å². The van der Waals surface area contributed by atoms with Gasteiger partial charge in [-0.05, 0) is 109 Å². The number of rotatable bonds is 8. The molecule has 1 saturated heterocycles. The van der Waals surface area contributed by atoms with Gasteiger partial charge < -0.3 is 29.0 Å². The van der Waals surface area contributed by atoms with E-state index < -0.39 is 28.8 Å². The third-order valence-electron chi connectivity index (χ3n) is 10.7. The minimum atomic E-state index is -1.43. The number of hydrogen-bond acceptors (Lipinski definition) is 8. The Morgan fingerprint density at radius 1 is 0.875 bits per heavy atom. The van der Waals surface area contributed by atoms with Crippen molar-refractivity contribution >= 4 is 47.6 Å². The molecule has 0 spiro atoms. The minimum Gasteiger partial charge on any atom is -0.859 e. The summed E-state index contributed by atoms with van der Waals surface area (Å²) >= 11 is 23.3. The minimum absolute atomic E-state index is 0.00921. The number of nitrogens with zero attached hydrogens (tertiary/aromatic N) is 3. The standard InChI is InChI=1S/C40H34Cl2N6O6S2/c1-54-30-14-5-22(16-24(30)20-45-17-21-15-23(19-45)29-3-2-4-31(49)46(29)18-21)32(33-35(50)43-39(55)47(37(33)52)27-10-6-25(41)7-11-27)34-36(51)44-40(56)48(38(34)53)28-12-8-26(42)9-13-28/h2-14,16,21,23,32,52-53H,15,17-20H2,1H3,(H,43,50,55)(H,44,51,56)/t21-,23+/m1/s1. The number of aromatic hydroxyl groups is 1. The number of piperidine rings is 1. The highest BCUT2D eigenvalue weighted by Crippen LogP contribution is 2.39. The Morgan fingerprint density at radius 3 is 2.16 bits per heavy atom.